The summed E-state index contributed by atoms with van der Waals surface area (Å²) in [6.07, 6.45) is 7.31. The molecule has 0 bridgehead atoms. The van der Waals surface area contributed by atoms with Gasteiger partial charge in [-0.1, -0.05) is 24.3 Å². The molecule has 5 nitrogen and oxygen atoms in total. The minimum absolute atomic E-state index is 0.0433. The minimum Gasteiger partial charge on any atom is -0.355 e. The standard InChI is InChI=1S/C22H25FN4O/c23-19-9-2-1-7-17(19)16-26-13-6-10-20(26)22(28)24-12-5-11-21-25-15-18-8-3-4-14-27(18)21/h1-4,7-9,14-15,20H,5-6,10-13,16H2,(H,24,28). The second-order valence-corrected chi connectivity index (χ2v) is 7.28. The molecule has 3 heterocycles. The smallest absolute Gasteiger partial charge is 0.237 e. The number of likely N-dealkylation sites (tertiary alicyclic amines) is 1. The van der Waals surface area contributed by atoms with Crippen LogP contribution in [0.4, 0.5) is 4.39 Å². The van der Waals surface area contributed by atoms with Crippen LogP contribution in [0.5, 0.6) is 0 Å². The van der Waals surface area contributed by atoms with Crippen LogP contribution in [-0.4, -0.2) is 39.3 Å². The van der Waals surface area contributed by atoms with Crippen LogP contribution in [0.25, 0.3) is 5.52 Å². The second kappa shape index (κ2) is 8.52. The summed E-state index contributed by atoms with van der Waals surface area (Å²) in [5, 5.41) is 3.05. The quantitative estimate of drug-likeness (QED) is 0.641. The van der Waals surface area contributed by atoms with E-state index in [0.29, 0.717) is 18.7 Å². The van der Waals surface area contributed by atoms with Gasteiger partial charge in [-0.25, -0.2) is 9.37 Å². The molecule has 1 fully saturated rings. The van der Waals surface area contributed by atoms with Crippen LogP contribution in [0.1, 0.15) is 30.7 Å². The molecule has 1 unspecified atom stereocenters. The third-order valence-corrected chi connectivity index (χ3v) is 5.39. The van der Waals surface area contributed by atoms with Crippen molar-refractivity contribution < 1.29 is 9.18 Å². The van der Waals surface area contributed by atoms with Gasteiger partial charge in [0.2, 0.25) is 5.91 Å². The first-order valence-corrected chi connectivity index (χ1v) is 9.88. The van der Waals surface area contributed by atoms with Gasteiger partial charge in [-0.3, -0.25) is 9.69 Å². The molecule has 28 heavy (non-hydrogen) atoms. The number of rotatable bonds is 7. The lowest BCUT2D eigenvalue weighted by atomic mass is 10.1. The van der Waals surface area contributed by atoms with Crippen molar-refractivity contribution in [1.82, 2.24) is 19.6 Å². The van der Waals surface area contributed by atoms with E-state index in [1.807, 2.05) is 36.7 Å². The topological polar surface area (TPSA) is 49.6 Å². The molecular weight excluding hydrogens is 355 g/mol. The van der Waals surface area contributed by atoms with Crippen molar-refractivity contribution in [2.45, 2.75) is 38.3 Å². The lowest BCUT2D eigenvalue weighted by Crippen LogP contribution is -2.43. The molecule has 0 spiro atoms. The molecule has 146 valence electrons. The highest BCUT2D eigenvalue weighted by Crippen LogP contribution is 2.21. The van der Waals surface area contributed by atoms with E-state index < -0.39 is 0 Å². The van der Waals surface area contributed by atoms with Crippen molar-refractivity contribution >= 4 is 11.4 Å². The normalized spacial score (nSPS) is 17.2. The zero-order valence-corrected chi connectivity index (χ0v) is 15.9. The van der Waals surface area contributed by atoms with Crippen LogP contribution >= 0.6 is 0 Å². The molecule has 0 radical (unpaired) electrons. The summed E-state index contributed by atoms with van der Waals surface area (Å²) in [4.78, 5) is 19.2. The average Bonchev–Trinajstić information content (AvgIpc) is 3.34. The highest BCUT2D eigenvalue weighted by Gasteiger charge is 2.30. The van der Waals surface area contributed by atoms with E-state index in [-0.39, 0.29) is 17.8 Å². The Morgan fingerprint density at radius 2 is 2.07 bits per heavy atom. The number of fused-ring (bicyclic) bond motifs is 1. The summed E-state index contributed by atoms with van der Waals surface area (Å²) in [5.74, 6) is 0.842. The van der Waals surface area contributed by atoms with Crippen molar-refractivity contribution in [3.63, 3.8) is 0 Å². The SMILES string of the molecule is O=C(NCCCc1ncc2ccccn12)C1CCCN1Cc1ccccc1F. The number of pyridine rings is 1. The molecule has 1 aromatic carbocycles. The lowest BCUT2D eigenvalue weighted by molar-refractivity contribution is -0.125. The fourth-order valence-corrected chi connectivity index (χ4v) is 3.92. The Balaban J connectivity index is 1.28. The number of carbonyl (C=O) groups excluding carboxylic acids is 1. The minimum atomic E-state index is -0.208. The number of nitrogens with zero attached hydrogens (tertiary/aromatic N) is 3. The average molecular weight is 380 g/mol. The number of halogens is 1. The highest BCUT2D eigenvalue weighted by atomic mass is 19.1. The number of amides is 1. The molecule has 1 aliphatic rings. The number of benzene rings is 1. The number of hydrogen-bond donors (Lipinski definition) is 1. The number of imidazole rings is 1. The Bertz CT molecular complexity index is 954. The zero-order chi connectivity index (χ0) is 19.3. The first-order chi connectivity index (χ1) is 13.7. The van der Waals surface area contributed by atoms with Gasteiger partial charge >= 0.3 is 0 Å². The molecule has 2 aromatic heterocycles. The molecule has 1 aliphatic heterocycles. The van der Waals surface area contributed by atoms with Crippen LogP contribution in [-0.2, 0) is 17.8 Å². The van der Waals surface area contributed by atoms with Crippen molar-refractivity contribution in [1.29, 1.82) is 0 Å². The fraction of sp³-hybridized carbons (Fsp3) is 0.364. The summed E-state index contributed by atoms with van der Waals surface area (Å²) in [5.41, 5.74) is 1.73. The van der Waals surface area contributed by atoms with Gasteiger partial charge in [0.25, 0.3) is 0 Å². The molecule has 1 amide bonds. The van der Waals surface area contributed by atoms with Crippen molar-refractivity contribution in [3.8, 4) is 0 Å². The third kappa shape index (κ3) is 4.07. The van der Waals surface area contributed by atoms with Crippen LogP contribution in [0.15, 0.2) is 54.9 Å². The Kier molecular flexibility index (Phi) is 5.67. The van der Waals surface area contributed by atoms with Gasteiger partial charge in [0.1, 0.15) is 11.6 Å². The van der Waals surface area contributed by atoms with E-state index >= 15 is 0 Å². The van der Waals surface area contributed by atoms with Crippen molar-refractivity contribution in [2.75, 3.05) is 13.1 Å². The van der Waals surface area contributed by atoms with Crippen LogP contribution < -0.4 is 5.32 Å². The van der Waals surface area contributed by atoms with E-state index in [9.17, 15) is 9.18 Å². The molecule has 0 aliphatic carbocycles. The van der Waals surface area contributed by atoms with Gasteiger partial charge in [-0.05, 0) is 44.0 Å². The first-order valence-electron chi connectivity index (χ1n) is 9.88. The predicted molar refractivity (Wildman–Crippen MR) is 106 cm³/mol. The van der Waals surface area contributed by atoms with E-state index in [0.717, 1.165) is 43.6 Å². The number of nitrogens with one attached hydrogen (secondary N) is 1. The van der Waals surface area contributed by atoms with Gasteiger partial charge in [-0.2, -0.15) is 0 Å². The maximum atomic E-state index is 13.9. The maximum absolute atomic E-state index is 13.9. The fourth-order valence-electron chi connectivity index (χ4n) is 3.92. The summed E-state index contributed by atoms with van der Waals surface area (Å²) < 4.78 is 16.0. The van der Waals surface area contributed by atoms with Gasteiger partial charge in [0, 0.05) is 31.3 Å². The van der Waals surface area contributed by atoms with E-state index in [4.69, 9.17) is 0 Å². The summed E-state index contributed by atoms with van der Waals surface area (Å²) in [7, 11) is 0. The molecule has 0 saturated carbocycles. The summed E-state index contributed by atoms with van der Waals surface area (Å²) in [6.45, 7) is 1.92. The Morgan fingerprint density at radius 1 is 1.21 bits per heavy atom. The van der Waals surface area contributed by atoms with Gasteiger partial charge in [0.15, 0.2) is 0 Å². The molecular formula is C22H25FN4O. The third-order valence-electron chi connectivity index (χ3n) is 5.39. The first kappa shape index (κ1) is 18.6. The lowest BCUT2D eigenvalue weighted by Gasteiger charge is -2.24. The largest absolute Gasteiger partial charge is 0.355 e. The molecule has 4 rings (SSSR count). The molecule has 1 atom stereocenters. The monoisotopic (exact) mass is 380 g/mol. The van der Waals surface area contributed by atoms with Gasteiger partial charge in [0.05, 0.1) is 17.8 Å². The molecule has 1 saturated heterocycles. The van der Waals surface area contributed by atoms with Crippen LogP contribution in [0.2, 0.25) is 0 Å². The maximum Gasteiger partial charge on any atom is 0.237 e. The van der Waals surface area contributed by atoms with E-state index in [1.54, 1.807) is 12.1 Å². The Labute approximate surface area is 164 Å². The predicted octanol–water partition coefficient (Wildman–Crippen LogP) is 3.19. The summed E-state index contributed by atoms with van der Waals surface area (Å²) >= 11 is 0. The van der Waals surface area contributed by atoms with Crippen molar-refractivity contribution in [3.05, 3.63) is 72.1 Å². The second-order valence-electron chi connectivity index (χ2n) is 7.28. The Hall–Kier alpha value is -2.73. The van der Waals surface area contributed by atoms with E-state index in [1.165, 1.54) is 6.07 Å². The number of hydrogen-bond acceptors (Lipinski definition) is 3. The van der Waals surface area contributed by atoms with Crippen LogP contribution in [0, 0.1) is 5.82 Å². The molecule has 6 heteroatoms. The number of aromatic nitrogens is 2. The van der Waals surface area contributed by atoms with Crippen LogP contribution in [0.3, 0.4) is 0 Å². The molecule has 3 aromatic rings. The highest BCUT2D eigenvalue weighted by molar-refractivity contribution is 5.82. The van der Waals surface area contributed by atoms with Gasteiger partial charge in [-0.15, -0.1) is 0 Å². The van der Waals surface area contributed by atoms with Crippen molar-refractivity contribution in [2.24, 2.45) is 0 Å². The number of aryl methyl sites for hydroxylation is 1. The van der Waals surface area contributed by atoms with E-state index in [2.05, 4.69) is 19.6 Å². The number of carbonyl (C=O) groups is 1. The Morgan fingerprint density at radius 3 is 2.96 bits per heavy atom. The molecule has 1 N–H and O–H groups in total. The van der Waals surface area contributed by atoms with Gasteiger partial charge < -0.3 is 9.72 Å². The zero-order valence-electron chi connectivity index (χ0n) is 15.9. The summed E-state index contributed by atoms with van der Waals surface area (Å²) in [6, 6.07) is 12.6.